The average molecular weight is 267 g/mol. The molecule has 0 unspecified atom stereocenters. The van der Waals surface area contributed by atoms with Gasteiger partial charge >= 0.3 is 0 Å². The van der Waals surface area contributed by atoms with E-state index in [1.807, 2.05) is 18.7 Å². The highest BCUT2D eigenvalue weighted by molar-refractivity contribution is 8.00. The van der Waals surface area contributed by atoms with Gasteiger partial charge in [0.2, 0.25) is 0 Å². The first-order valence-electron chi connectivity index (χ1n) is 6.50. The molecule has 5 heteroatoms. The molecule has 100 valence electrons. The largest absolute Gasteiger partial charge is 0.351 e. The molecule has 0 aromatic carbocycles. The zero-order chi connectivity index (χ0) is 13.0. The van der Waals surface area contributed by atoms with Gasteiger partial charge in [-0.15, -0.1) is 0 Å². The van der Waals surface area contributed by atoms with E-state index < -0.39 is 0 Å². The van der Waals surface area contributed by atoms with E-state index in [0.29, 0.717) is 5.56 Å². The van der Waals surface area contributed by atoms with E-state index in [-0.39, 0.29) is 10.7 Å². The zero-order valence-electron chi connectivity index (χ0n) is 11.1. The van der Waals surface area contributed by atoms with Gasteiger partial charge in [-0.1, -0.05) is 19.3 Å². The Morgan fingerprint density at radius 2 is 2.22 bits per heavy atom. The summed E-state index contributed by atoms with van der Waals surface area (Å²) in [4.78, 5) is 12.0. The van der Waals surface area contributed by atoms with Gasteiger partial charge in [-0.3, -0.25) is 9.89 Å². The Balaban J connectivity index is 1.94. The highest BCUT2D eigenvalue weighted by atomic mass is 32.2. The van der Waals surface area contributed by atoms with Crippen LogP contribution in [0.15, 0.2) is 6.20 Å². The van der Waals surface area contributed by atoms with Crippen molar-refractivity contribution in [3.8, 4) is 0 Å². The van der Waals surface area contributed by atoms with Gasteiger partial charge in [0.1, 0.15) is 0 Å². The van der Waals surface area contributed by atoms with Crippen molar-refractivity contribution < 1.29 is 4.79 Å². The van der Waals surface area contributed by atoms with Crippen LogP contribution in [0.3, 0.4) is 0 Å². The minimum Gasteiger partial charge on any atom is -0.351 e. The van der Waals surface area contributed by atoms with Crippen molar-refractivity contribution in [3.63, 3.8) is 0 Å². The Bertz CT molecular complexity index is 410. The van der Waals surface area contributed by atoms with Crippen LogP contribution in [0.4, 0.5) is 0 Å². The van der Waals surface area contributed by atoms with Gasteiger partial charge in [0, 0.05) is 17.0 Å². The lowest BCUT2D eigenvalue weighted by Gasteiger charge is -2.35. The molecule has 2 N–H and O–H groups in total. The van der Waals surface area contributed by atoms with Crippen LogP contribution in [0.25, 0.3) is 0 Å². The van der Waals surface area contributed by atoms with Crippen LogP contribution in [0.2, 0.25) is 0 Å². The van der Waals surface area contributed by atoms with Crippen LogP contribution >= 0.6 is 11.8 Å². The van der Waals surface area contributed by atoms with Gasteiger partial charge in [0.05, 0.1) is 11.8 Å². The van der Waals surface area contributed by atoms with E-state index in [2.05, 4.69) is 21.8 Å². The summed E-state index contributed by atoms with van der Waals surface area (Å²) >= 11 is 1.90. The lowest BCUT2D eigenvalue weighted by molar-refractivity contribution is 0.0946. The minimum absolute atomic E-state index is 0.0137. The van der Waals surface area contributed by atoms with E-state index in [0.717, 1.165) is 12.2 Å². The molecule has 1 saturated carbocycles. The first-order valence-corrected chi connectivity index (χ1v) is 7.73. The number of nitrogens with one attached hydrogen (secondary N) is 2. The van der Waals surface area contributed by atoms with Gasteiger partial charge in [0.15, 0.2) is 0 Å². The third kappa shape index (κ3) is 2.88. The number of hydrogen-bond acceptors (Lipinski definition) is 3. The second kappa shape index (κ2) is 5.78. The van der Waals surface area contributed by atoms with Crippen molar-refractivity contribution in [1.29, 1.82) is 0 Å². The number of aryl methyl sites for hydroxylation is 1. The molecule has 0 aliphatic heterocycles. The van der Waals surface area contributed by atoms with Crippen molar-refractivity contribution in [2.24, 2.45) is 0 Å². The molecule has 0 bridgehead atoms. The summed E-state index contributed by atoms with van der Waals surface area (Å²) in [7, 11) is 0. The summed E-state index contributed by atoms with van der Waals surface area (Å²) in [5, 5.41) is 9.75. The Morgan fingerprint density at radius 3 is 2.78 bits per heavy atom. The van der Waals surface area contributed by atoms with Gasteiger partial charge in [-0.2, -0.15) is 16.9 Å². The second-order valence-corrected chi connectivity index (χ2v) is 6.31. The number of carbonyl (C=O) groups excluding carboxylic acids is 1. The molecule has 0 radical (unpaired) electrons. The van der Waals surface area contributed by atoms with Crippen molar-refractivity contribution >= 4 is 17.7 Å². The topological polar surface area (TPSA) is 57.8 Å². The van der Waals surface area contributed by atoms with Gasteiger partial charge in [-0.05, 0) is 26.0 Å². The highest BCUT2D eigenvalue weighted by Crippen LogP contribution is 2.37. The lowest BCUT2D eigenvalue weighted by atomic mass is 9.88. The molecular formula is C13H21N3OS. The number of amides is 1. The zero-order valence-corrected chi connectivity index (χ0v) is 11.9. The third-order valence-corrected chi connectivity index (χ3v) is 5.26. The summed E-state index contributed by atoms with van der Waals surface area (Å²) in [5.41, 5.74) is 1.48. The molecule has 1 aliphatic rings. The van der Waals surface area contributed by atoms with Crippen molar-refractivity contribution in [1.82, 2.24) is 15.5 Å². The van der Waals surface area contributed by atoms with Crippen LogP contribution in [0.5, 0.6) is 0 Å². The maximum absolute atomic E-state index is 12.0. The SMILES string of the molecule is CSC1(CNC(=O)c2cn[nH]c2C)CCCCC1. The van der Waals surface area contributed by atoms with Crippen LogP contribution in [-0.4, -0.2) is 33.7 Å². The van der Waals surface area contributed by atoms with Crippen LogP contribution < -0.4 is 5.32 Å². The molecule has 2 rings (SSSR count). The smallest absolute Gasteiger partial charge is 0.254 e. The summed E-state index contributed by atoms with van der Waals surface area (Å²) in [6, 6.07) is 0. The van der Waals surface area contributed by atoms with Crippen LogP contribution in [0.1, 0.15) is 48.2 Å². The predicted molar refractivity (Wildman–Crippen MR) is 75.0 cm³/mol. The number of carbonyl (C=O) groups is 1. The number of aromatic amines is 1. The van der Waals surface area contributed by atoms with Gasteiger partial charge in [-0.25, -0.2) is 0 Å². The second-order valence-electron chi connectivity index (χ2n) is 5.04. The molecule has 1 amide bonds. The normalized spacial score (nSPS) is 18.6. The van der Waals surface area contributed by atoms with Crippen molar-refractivity contribution in [2.75, 3.05) is 12.8 Å². The third-order valence-electron chi connectivity index (χ3n) is 3.84. The summed E-state index contributed by atoms with van der Waals surface area (Å²) < 4.78 is 0.242. The maximum Gasteiger partial charge on any atom is 0.254 e. The number of thioether (sulfide) groups is 1. The molecule has 1 aromatic rings. The van der Waals surface area contributed by atoms with Gasteiger partial charge in [0.25, 0.3) is 5.91 Å². The molecule has 0 atom stereocenters. The average Bonchev–Trinajstić information content (AvgIpc) is 2.83. The molecular weight excluding hydrogens is 246 g/mol. The standard InChI is InChI=1S/C13H21N3OS/c1-10-11(8-15-16-10)12(17)14-9-13(18-2)6-4-3-5-7-13/h8H,3-7,9H2,1-2H3,(H,14,17)(H,15,16). The number of nitrogens with zero attached hydrogens (tertiary/aromatic N) is 1. The molecule has 18 heavy (non-hydrogen) atoms. The molecule has 0 spiro atoms. The molecule has 0 saturated heterocycles. The number of rotatable bonds is 4. The van der Waals surface area contributed by atoms with E-state index in [1.54, 1.807) is 6.20 Å². The van der Waals surface area contributed by atoms with E-state index in [1.165, 1.54) is 32.1 Å². The first kappa shape index (κ1) is 13.5. The molecule has 1 fully saturated rings. The fourth-order valence-electron chi connectivity index (χ4n) is 2.57. The Morgan fingerprint density at radius 1 is 1.50 bits per heavy atom. The van der Waals surface area contributed by atoms with Gasteiger partial charge < -0.3 is 5.32 Å². The van der Waals surface area contributed by atoms with E-state index >= 15 is 0 Å². The lowest BCUT2D eigenvalue weighted by Crippen LogP contribution is -2.41. The fourth-order valence-corrected chi connectivity index (χ4v) is 3.48. The monoisotopic (exact) mass is 267 g/mol. The summed E-state index contributed by atoms with van der Waals surface area (Å²) in [5.74, 6) is -0.0137. The number of aromatic nitrogens is 2. The highest BCUT2D eigenvalue weighted by Gasteiger charge is 2.31. The quantitative estimate of drug-likeness (QED) is 0.881. The minimum atomic E-state index is -0.0137. The Kier molecular flexibility index (Phi) is 4.32. The van der Waals surface area contributed by atoms with Crippen LogP contribution in [-0.2, 0) is 0 Å². The molecule has 1 aliphatic carbocycles. The fraction of sp³-hybridized carbons (Fsp3) is 0.692. The number of hydrogen-bond donors (Lipinski definition) is 2. The van der Waals surface area contributed by atoms with E-state index in [4.69, 9.17) is 0 Å². The van der Waals surface area contributed by atoms with E-state index in [9.17, 15) is 4.79 Å². The molecule has 1 aromatic heterocycles. The first-order chi connectivity index (χ1) is 8.67. The maximum atomic E-state index is 12.0. The summed E-state index contributed by atoms with van der Waals surface area (Å²) in [6.07, 6.45) is 10.1. The number of H-pyrrole nitrogens is 1. The Hall–Kier alpha value is -0.970. The molecule has 4 nitrogen and oxygen atoms in total. The molecule has 1 heterocycles. The Labute approximate surface area is 112 Å². The predicted octanol–water partition coefficient (Wildman–Crippen LogP) is 2.51. The van der Waals surface area contributed by atoms with Crippen molar-refractivity contribution in [2.45, 2.75) is 43.8 Å². The van der Waals surface area contributed by atoms with Crippen LogP contribution in [0, 0.1) is 6.92 Å². The van der Waals surface area contributed by atoms with Crippen molar-refractivity contribution in [3.05, 3.63) is 17.5 Å². The summed E-state index contributed by atoms with van der Waals surface area (Å²) in [6.45, 7) is 2.63.